The fraction of sp³-hybridized carbons (Fsp3) is 0.250. The van der Waals surface area contributed by atoms with Gasteiger partial charge < -0.3 is 5.32 Å². The van der Waals surface area contributed by atoms with Gasteiger partial charge in [0, 0.05) is 23.7 Å². The van der Waals surface area contributed by atoms with Gasteiger partial charge in [-0.2, -0.15) is 13.2 Å². The first kappa shape index (κ1) is 21.8. The van der Waals surface area contributed by atoms with Gasteiger partial charge in [-0.15, -0.1) is 10.2 Å². The van der Waals surface area contributed by atoms with Crippen LogP contribution in [0.4, 0.5) is 24.5 Å². The lowest BCUT2D eigenvalue weighted by molar-refractivity contribution is -0.385. The molecule has 1 heterocycles. The van der Waals surface area contributed by atoms with Crippen LogP contribution >= 0.6 is 11.8 Å². The molecule has 0 aliphatic heterocycles. The summed E-state index contributed by atoms with van der Waals surface area (Å²) in [6.07, 6.45) is -2.87. The number of non-ortho nitro benzene ring substituents is 1. The second kappa shape index (κ2) is 8.61. The van der Waals surface area contributed by atoms with E-state index in [9.17, 15) is 28.1 Å². The number of carbonyl (C=O) groups excluding carboxylic acids is 1. The van der Waals surface area contributed by atoms with E-state index < -0.39 is 33.9 Å². The highest BCUT2D eigenvalue weighted by atomic mass is 32.2. The monoisotopic (exact) mass is 463 g/mol. The number of hydrogen-bond acceptors (Lipinski definition) is 6. The fourth-order valence-corrected chi connectivity index (χ4v) is 3.87. The van der Waals surface area contributed by atoms with Crippen LogP contribution in [0.25, 0.3) is 5.69 Å². The van der Waals surface area contributed by atoms with Gasteiger partial charge in [0.1, 0.15) is 5.82 Å². The molecular weight excluding hydrogens is 447 g/mol. The van der Waals surface area contributed by atoms with Crippen molar-refractivity contribution in [2.24, 2.45) is 0 Å². The van der Waals surface area contributed by atoms with Crippen LogP contribution in [0.15, 0.2) is 53.7 Å². The zero-order valence-corrected chi connectivity index (χ0v) is 17.2. The summed E-state index contributed by atoms with van der Waals surface area (Å²) in [5.74, 6) is 0.156. The lowest BCUT2D eigenvalue weighted by atomic mass is 10.1. The Hall–Kier alpha value is -3.41. The molecule has 1 aromatic heterocycles. The summed E-state index contributed by atoms with van der Waals surface area (Å²) < 4.78 is 41.8. The van der Waals surface area contributed by atoms with Crippen molar-refractivity contribution < 1.29 is 22.9 Å². The summed E-state index contributed by atoms with van der Waals surface area (Å²) in [7, 11) is 0. The van der Waals surface area contributed by atoms with Crippen molar-refractivity contribution in [3.05, 3.63) is 70.0 Å². The molecule has 0 atom stereocenters. The quantitative estimate of drug-likeness (QED) is 0.307. The summed E-state index contributed by atoms with van der Waals surface area (Å²) in [6, 6.07) is 11.5. The first-order chi connectivity index (χ1) is 15.2. The van der Waals surface area contributed by atoms with Crippen LogP contribution in [0.1, 0.15) is 30.1 Å². The van der Waals surface area contributed by atoms with Crippen LogP contribution in [0.3, 0.4) is 0 Å². The van der Waals surface area contributed by atoms with Crippen LogP contribution < -0.4 is 5.32 Å². The molecule has 12 heteroatoms. The number of amides is 1. The van der Waals surface area contributed by atoms with Gasteiger partial charge >= 0.3 is 6.18 Å². The molecule has 1 aliphatic rings. The molecule has 0 bridgehead atoms. The maximum atomic E-state index is 13.3. The normalized spacial score (nSPS) is 13.7. The Morgan fingerprint density at radius 1 is 1.19 bits per heavy atom. The van der Waals surface area contributed by atoms with Gasteiger partial charge in [0.15, 0.2) is 5.16 Å². The lowest BCUT2D eigenvalue weighted by Gasteiger charge is -2.14. The molecule has 166 valence electrons. The number of hydrogen-bond donors (Lipinski definition) is 1. The predicted molar refractivity (Wildman–Crippen MR) is 111 cm³/mol. The Morgan fingerprint density at radius 3 is 2.53 bits per heavy atom. The smallest absolute Gasteiger partial charge is 0.325 e. The Morgan fingerprint density at radius 2 is 1.91 bits per heavy atom. The maximum absolute atomic E-state index is 13.3. The van der Waals surface area contributed by atoms with E-state index in [1.54, 1.807) is 0 Å². The van der Waals surface area contributed by atoms with Gasteiger partial charge in [-0.3, -0.25) is 19.5 Å². The topological polar surface area (TPSA) is 103 Å². The van der Waals surface area contributed by atoms with E-state index in [0.29, 0.717) is 17.1 Å². The average Bonchev–Trinajstić information content (AvgIpc) is 3.51. The van der Waals surface area contributed by atoms with Gasteiger partial charge in [0.2, 0.25) is 5.91 Å². The molecule has 1 fully saturated rings. The van der Waals surface area contributed by atoms with Crippen molar-refractivity contribution in [1.29, 1.82) is 0 Å². The zero-order valence-electron chi connectivity index (χ0n) is 16.4. The molecule has 4 rings (SSSR count). The Labute approximate surface area is 184 Å². The number of benzene rings is 2. The number of anilines is 1. The van der Waals surface area contributed by atoms with Crippen LogP contribution in [-0.2, 0) is 11.0 Å². The van der Waals surface area contributed by atoms with E-state index in [2.05, 4.69) is 15.5 Å². The van der Waals surface area contributed by atoms with Crippen molar-refractivity contribution in [1.82, 2.24) is 14.8 Å². The van der Waals surface area contributed by atoms with Crippen LogP contribution in [0.5, 0.6) is 0 Å². The number of aromatic nitrogens is 3. The number of alkyl halides is 3. The third kappa shape index (κ3) is 4.74. The first-order valence-corrected chi connectivity index (χ1v) is 10.5. The van der Waals surface area contributed by atoms with E-state index in [4.69, 9.17) is 0 Å². The third-order valence-corrected chi connectivity index (χ3v) is 5.67. The molecule has 0 spiro atoms. The third-order valence-electron chi connectivity index (χ3n) is 4.74. The summed E-state index contributed by atoms with van der Waals surface area (Å²) in [6.45, 7) is 0. The number of nitro benzene ring substituents is 1. The fourth-order valence-electron chi connectivity index (χ4n) is 3.11. The van der Waals surface area contributed by atoms with Crippen molar-refractivity contribution in [3.8, 4) is 5.69 Å². The number of halogens is 3. The molecule has 1 saturated carbocycles. The number of nitrogens with one attached hydrogen (secondary N) is 1. The molecular formula is C20H16F3N5O3S. The Bertz CT molecular complexity index is 1160. The number of rotatable bonds is 7. The van der Waals surface area contributed by atoms with Crippen molar-refractivity contribution >= 4 is 29.0 Å². The summed E-state index contributed by atoms with van der Waals surface area (Å²) in [4.78, 5) is 22.3. The minimum absolute atomic E-state index is 0.218. The standard InChI is InChI=1S/C20H16F3N5O3S/c21-20(22,23)15-10-14(28(30)31)8-9-16(15)24-17(29)11-32-19-26-25-18(12-6-7-12)27(19)13-4-2-1-3-5-13/h1-5,8-10,12H,6-7,11H2,(H,24,29). The second-order valence-electron chi connectivity index (χ2n) is 7.11. The van der Waals surface area contributed by atoms with E-state index in [-0.39, 0.29) is 5.75 Å². The van der Waals surface area contributed by atoms with Gasteiger partial charge in [0.05, 0.1) is 21.9 Å². The molecule has 2 aromatic carbocycles. The van der Waals surface area contributed by atoms with Crippen molar-refractivity contribution in [2.75, 3.05) is 11.1 Å². The molecule has 1 aliphatic carbocycles. The number of nitrogens with zero attached hydrogens (tertiary/aromatic N) is 4. The molecule has 0 unspecified atom stereocenters. The minimum atomic E-state index is -4.87. The highest BCUT2D eigenvalue weighted by Gasteiger charge is 2.36. The van der Waals surface area contributed by atoms with Crippen molar-refractivity contribution in [3.63, 3.8) is 0 Å². The SMILES string of the molecule is O=C(CSc1nnc(C2CC2)n1-c1ccccc1)Nc1ccc([N+](=O)[O-])cc1C(F)(F)F. The minimum Gasteiger partial charge on any atom is -0.325 e. The highest BCUT2D eigenvalue weighted by molar-refractivity contribution is 7.99. The number of nitro groups is 1. The lowest BCUT2D eigenvalue weighted by Crippen LogP contribution is -2.18. The summed E-state index contributed by atoms with van der Waals surface area (Å²) in [5, 5.41) is 21.9. The second-order valence-corrected chi connectivity index (χ2v) is 8.05. The molecule has 1 amide bonds. The van der Waals surface area contributed by atoms with Crippen molar-refractivity contribution in [2.45, 2.75) is 30.1 Å². The van der Waals surface area contributed by atoms with E-state index in [0.717, 1.165) is 48.2 Å². The summed E-state index contributed by atoms with van der Waals surface area (Å²) >= 11 is 1.04. The molecule has 8 nitrogen and oxygen atoms in total. The first-order valence-electron chi connectivity index (χ1n) is 9.53. The van der Waals surface area contributed by atoms with Gasteiger partial charge in [-0.1, -0.05) is 30.0 Å². The number of para-hydroxylation sites is 1. The predicted octanol–water partition coefficient (Wildman–Crippen LogP) is 4.80. The zero-order chi connectivity index (χ0) is 22.9. The van der Waals surface area contributed by atoms with E-state index in [1.165, 1.54) is 0 Å². The highest BCUT2D eigenvalue weighted by Crippen LogP contribution is 2.41. The van der Waals surface area contributed by atoms with Gasteiger partial charge in [0.25, 0.3) is 5.69 Å². The molecule has 32 heavy (non-hydrogen) atoms. The molecule has 0 radical (unpaired) electrons. The Kier molecular flexibility index (Phi) is 5.87. The van der Waals surface area contributed by atoms with Crippen LogP contribution in [0, 0.1) is 10.1 Å². The van der Waals surface area contributed by atoms with Crippen LogP contribution in [0.2, 0.25) is 0 Å². The number of carbonyl (C=O) groups is 1. The van der Waals surface area contributed by atoms with E-state index >= 15 is 0 Å². The largest absolute Gasteiger partial charge is 0.418 e. The Balaban J connectivity index is 1.52. The van der Waals surface area contributed by atoms with Crippen LogP contribution in [-0.4, -0.2) is 31.3 Å². The average molecular weight is 463 g/mol. The van der Waals surface area contributed by atoms with Gasteiger partial charge in [-0.25, -0.2) is 0 Å². The molecule has 1 N–H and O–H groups in total. The molecule has 3 aromatic rings. The maximum Gasteiger partial charge on any atom is 0.418 e. The number of thioether (sulfide) groups is 1. The van der Waals surface area contributed by atoms with E-state index in [1.807, 2.05) is 34.9 Å². The molecule has 0 saturated heterocycles. The van der Waals surface area contributed by atoms with Gasteiger partial charge in [-0.05, 0) is 31.0 Å². The summed E-state index contributed by atoms with van der Waals surface area (Å²) in [5.41, 5.74) is -1.71.